The average molecular weight is 341 g/mol. The number of nitrogens with zero attached hydrogens (tertiary/aromatic N) is 1. The molecule has 24 heavy (non-hydrogen) atoms. The zero-order valence-electron chi connectivity index (χ0n) is 12.9. The standard InChI is InChI=1S/C16H14F3NO4/c1-23-10-5-6-11(14(8-10)24-2)13(21)9-20-7-3-4-12(15(20)22)16(17,18)19/h3-8H,9H2,1-2H3. The minimum Gasteiger partial charge on any atom is -0.497 e. The van der Waals surface area contributed by atoms with Gasteiger partial charge >= 0.3 is 6.18 Å². The first-order valence-electron chi connectivity index (χ1n) is 6.79. The molecule has 0 aliphatic heterocycles. The number of benzene rings is 1. The molecule has 0 fully saturated rings. The van der Waals surface area contributed by atoms with Gasteiger partial charge < -0.3 is 14.0 Å². The molecule has 0 radical (unpaired) electrons. The number of alkyl halides is 3. The van der Waals surface area contributed by atoms with E-state index in [9.17, 15) is 22.8 Å². The van der Waals surface area contributed by atoms with Crippen molar-refractivity contribution in [1.82, 2.24) is 4.57 Å². The zero-order chi connectivity index (χ0) is 17.9. The fourth-order valence-electron chi connectivity index (χ4n) is 2.15. The lowest BCUT2D eigenvalue weighted by molar-refractivity contribution is -0.138. The molecule has 0 amide bonds. The van der Waals surface area contributed by atoms with Crippen LogP contribution in [-0.4, -0.2) is 24.6 Å². The number of ketones is 1. The monoisotopic (exact) mass is 341 g/mol. The van der Waals surface area contributed by atoms with Crippen molar-refractivity contribution < 1.29 is 27.4 Å². The molecule has 1 aromatic carbocycles. The number of hydrogen-bond acceptors (Lipinski definition) is 4. The molecule has 0 spiro atoms. The van der Waals surface area contributed by atoms with Crippen LogP contribution in [0.3, 0.4) is 0 Å². The van der Waals surface area contributed by atoms with Crippen LogP contribution < -0.4 is 15.0 Å². The van der Waals surface area contributed by atoms with Crippen LogP contribution in [0.2, 0.25) is 0 Å². The maximum atomic E-state index is 12.8. The third-order valence-electron chi connectivity index (χ3n) is 3.35. The number of pyridine rings is 1. The van der Waals surface area contributed by atoms with Gasteiger partial charge in [-0.25, -0.2) is 0 Å². The summed E-state index contributed by atoms with van der Waals surface area (Å²) in [5, 5.41) is 0. The van der Waals surface area contributed by atoms with Crippen LogP contribution in [0.1, 0.15) is 15.9 Å². The molecule has 0 aliphatic rings. The number of hydrogen-bond donors (Lipinski definition) is 0. The van der Waals surface area contributed by atoms with Gasteiger partial charge in [0.05, 0.1) is 26.3 Å². The van der Waals surface area contributed by atoms with Crippen molar-refractivity contribution in [3.05, 3.63) is 58.0 Å². The van der Waals surface area contributed by atoms with E-state index < -0.39 is 29.6 Å². The molecule has 1 aromatic heterocycles. The van der Waals surface area contributed by atoms with Gasteiger partial charge in [-0.2, -0.15) is 13.2 Å². The molecule has 1 heterocycles. The number of carbonyl (C=O) groups is 1. The largest absolute Gasteiger partial charge is 0.497 e. The van der Waals surface area contributed by atoms with E-state index in [0.717, 1.165) is 16.8 Å². The summed E-state index contributed by atoms with van der Waals surface area (Å²) in [6, 6.07) is 6.17. The molecule has 0 bridgehead atoms. The second-order valence-electron chi connectivity index (χ2n) is 4.84. The highest BCUT2D eigenvalue weighted by Crippen LogP contribution is 2.27. The zero-order valence-corrected chi connectivity index (χ0v) is 12.9. The van der Waals surface area contributed by atoms with Gasteiger partial charge in [-0.15, -0.1) is 0 Å². The summed E-state index contributed by atoms with van der Waals surface area (Å²) >= 11 is 0. The third kappa shape index (κ3) is 3.58. The Balaban J connectivity index is 2.36. The third-order valence-corrected chi connectivity index (χ3v) is 3.35. The first-order valence-corrected chi connectivity index (χ1v) is 6.79. The van der Waals surface area contributed by atoms with Gasteiger partial charge in [0.15, 0.2) is 5.78 Å². The van der Waals surface area contributed by atoms with E-state index in [4.69, 9.17) is 9.47 Å². The molecule has 0 atom stereocenters. The van der Waals surface area contributed by atoms with Gasteiger partial charge in [0.2, 0.25) is 0 Å². The molecule has 128 valence electrons. The van der Waals surface area contributed by atoms with E-state index >= 15 is 0 Å². The Hall–Kier alpha value is -2.77. The van der Waals surface area contributed by atoms with Crippen LogP contribution in [0, 0.1) is 0 Å². The van der Waals surface area contributed by atoms with Crippen LogP contribution in [-0.2, 0) is 12.7 Å². The molecule has 2 aromatic rings. The van der Waals surface area contributed by atoms with Gasteiger partial charge in [0, 0.05) is 12.3 Å². The normalized spacial score (nSPS) is 11.2. The summed E-state index contributed by atoms with van der Waals surface area (Å²) in [6.07, 6.45) is -3.65. The minimum absolute atomic E-state index is 0.141. The predicted molar refractivity (Wildman–Crippen MR) is 79.6 cm³/mol. The Bertz CT molecular complexity index is 812. The first kappa shape index (κ1) is 17.6. The van der Waals surface area contributed by atoms with Crippen molar-refractivity contribution in [2.24, 2.45) is 0 Å². The Morgan fingerprint density at radius 3 is 2.46 bits per heavy atom. The average Bonchev–Trinajstić information content (AvgIpc) is 2.54. The second kappa shape index (κ2) is 6.77. The molecule has 0 saturated carbocycles. The number of rotatable bonds is 5. The number of methoxy groups -OCH3 is 2. The topological polar surface area (TPSA) is 57.5 Å². The molecule has 0 N–H and O–H groups in total. The van der Waals surface area contributed by atoms with Crippen LogP contribution in [0.4, 0.5) is 13.2 Å². The van der Waals surface area contributed by atoms with E-state index in [1.807, 2.05) is 0 Å². The van der Waals surface area contributed by atoms with E-state index in [-0.39, 0.29) is 11.3 Å². The van der Waals surface area contributed by atoms with Crippen LogP contribution >= 0.6 is 0 Å². The Labute approximate surface area is 135 Å². The molecular weight excluding hydrogens is 327 g/mol. The lowest BCUT2D eigenvalue weighted by atomic mass is 10.1. The predicted octanol–water partition coefficient (Wildman–Crippen LogP) is 2.77. The maximum Gasteiger partial charge on any atom is 0.421 e. The van der Waals surface area contributed by atoms with E-state index in [2.05, 4.69) is 0 Å². The Morgan fingerprint density at radius 1 is 1.17 bits per heavy atom. The lowest BCUT2D eigenvalue weighted by Gasteiger charge is -2.12. The number of aromatic nitrogens is 1. The van der Waals surface area contributed by atoms with E-state index in [1.54, 1.807) is 0 Å². The van der Waals surface area contributed by atoms with Gasteiger partial charge in [-0.05, 0) is 24.3 Å². The number of Topliss-reactive ketones (excluding diaryl/α,β-unsaturated/α-hetero) is 1. The summed E-state index contributed by atoms with van der Waals surface area (Å²) in [6.45, 7) is -0.536. The van der Waals surface area contributed by atoms with Crippen molar-refractivity contribution in [3.63, 3.8) is 0 Å². The summed E-state index contributed by atoms with van der Waals surface area (Å²) in [5.41, 5.74) is -2.45. The molecule has 0 aliphatic carbocycles. The number of ether oxygens (including phenoxy) is 2. The van der Waals surface area contributed by atoms with Crippen LogP contribution in [0.25, 0.3) is 0 Å². The first-order chi connectivity index (χ1) is 11.3. The highest BCUT2D eigenvalue weighted by Gasteiger charge is 2.34. The van der Waals surface area contributed by atoms with Gasteiger partial charge in [0.1, 0.15) is 17.1 Å². The maximum absolute atomic E-state index is 12.8. The van der Waals surface area contributed by atoms with Gasteiger partial charge in [-0.3, -0.25) is 9.59 Å². The number of halogens is 3. The quantitative estimate of drug-likeness (QED) is 0.785. The van der Waals surface area contributed by atoms with Crippen molar-refractivity contribution in [3.8, 4) is 11.5 Å². The summed E-state index contributed by atoms with van der Waals surface area (Å²) in [7, 11) is 2.79. The van der Waals surface area contributed by atoms with Gasteiger partial charge in [-0.1, -0.05) is 0 Å². The van der Waals surface area contributed by atoms with Crippen molar-refractivity contribution >= 4 is 5.78 Å². The lowest BCUT2D eigenvalue weighted by Crippen LogP contribution is -2.30. The Morgan fingerprint density at radius 2 is 1.88 bits per heavy atom. The van der Waals surface area contributed by atoms with Crippen LogP contribution in [0.5, 0.6) is 11.5 Å². The summed E-state index contributed by atoms with van der Waals surface area (Å²) in [5.74, 6) is 0.106. The molecule has 0 saturated heterocycles. The SMILES string of the molecule is COc1ccc(C(=O)Cn2cccc(C(F)(F)F)c2=O)c(OC)c1. The van der Waals surface area contributed by atoms with Crippen molar-refractivity contribution in [2.75, 3.05) is 14.2 Å². The molecule has 2 rings (SSSR count). The van der Waals surface area contributed by atoms with Gasteiger partial charge in [0.25, 0.3) is 5.56 Å². The molecule has 0 unspecified atom stereocenters. The molecular formula is C16H14F3NO4. The minimum atomic E-state index is -4.78. The summed E-state index contributed by atoms with van der Waals surface area (Å²) in [4.78, 5) is 24.2. The van der Waals surface area contributed by atoms with E-state index in [1.165, 1.54) is 32.4 Å². The fourth-order valence-corrected chi connectivity index (χ4v) is 2.15. The van der Waals surface area contributed by atoms with Crippen LogP contribution in [0.15, 0.2) is 41.3 Å². The molecule has 5 nitrogen and oxygen atoms in total. The highest BCUT2D eigenvalue weighted by molar-refractivity contribution is 5.98. The van der Waals surface area contributed by atoms with Crippen molar-refractivity contribution in [1.29, 1.82) is 0 Å². The molecule has 8 heteroatoms. The smallest absolute Gasteiger partial charge is 0.421 e. The van der Waals surface area contributed by atoms with E-state index in [0.29, 0.717) is 11.8 Å². The summed E-state index contributed by atoms with van der Waals surface area (Å²) < 4.78 is 49.1. The fraction of sp³-hybridized carbons (Fsp3) is 0.250. The number of carbonyl (C=O) groups excluding carboxylic acids is 1. The van der Waals surface area contributed by atoms with Crippen molar-refractivity contribution in [2.45, 2.75) is 12.7 Å². The Kier molecular flexibility index (Phi) is 4.96. The highest BCUT2D eigenvalue weighted by atomic mass is 19.4. The second-order valence-corrected chi connectivity index (χ2v) is 4.84.